The fourth-order valence-electron chi connectivity index (χ4n) is 4.60. The summed E-state index contributed by atoms with van der Waals surface area (Å²) in [6, 6.07) is 11.0. The van der Waals surface area contributed by atoms with E-state index >= 15 is 0 Å². The van der Waals surface area contributed by atoms with Crippen molar-refractivity contribution in [3.05, 3.63) is 99.8 Å². The van der Waals surface area contributed by atoms with Crippen LogP contribution in [0.1, 0.15) is 50.7 Å². The molecule has 40 heavy (non-hydrogen) atoms. The molecule has 2 atom stereocenters. The standard InChI is InChI=1S/C28H25ClF2N4O5/c1-16-4-2-5-17(10-16)22(14-24(36)37)33-25(38)26-34(27(39)18-6-7-23(29)32-15-18)8-3-9-35(26)28(40)19-11-20(30)13-21(31)12-19/h2,4-7,10-13,15,22,26H,3,8-9,14H2,1H3,(H,33,38)(H,36,37). The molecule has 2 N–H and O–H groups in total. The first kappa shape index (κ1) is 28.6. The van der Waals surface area contributed by atoms with E-state index in [0.717, 1.165) is 27.5 Å². The third-order valence-electron chi connectivity index (χ3n) is 6.37. The highest BCUT2D eigenvalue weighted by atomic mass is 35.5. The van der Waals surface area contributed by atoms with E-state index in [-0.39, 0.29) is 35.8 Å². The number of hydrogen-bond donors (Lipinski definition) is 2. The van der Waals surface area contributed by atoms with Crippen LogP contribution in [0, 0.1) is 18.6 Å². The van der Waals surface area contributed by atoms with Gasteiger partial charge in [0.2, 0.25) is 0 Å². The van der Waals surface area contributed by atoms with Crippen LogP contribution in [0.5, 0.6) is 0 Å². The van der Waals surface area contributed by atoms with Gasteiger partial charge in [-0.25, -0.2) is 13.8 Å². The Labute approximate surface area is 233 Å². The van der Waals surface area contributed by atoms with Gasteiger partial charge in [-0.3, -0.25) is 19.2 Å². The van der Waals surface area contributed by atoms with E-state index < -0.39 is 54.0 Å². The van der Waals surface area contributed by atoms with Crippen LogP contribution < -0.4 is 5.32 Å². The molecule has 2 aromatic carbocycles. The Morgan fingerprint density at radius 3 is 2.23 bits per heavy atom. The van der Waals surface area contributed by atoms with E-state index in [9.17, 15) is 33.1 Å². The number of nitrogens with zero attached hydrogens (tertiary/aromatic N) is 3. The van der Waals surface area contributed by atoms with Crippen LogP contribution in [0.3, 0.4) is 0 Å². The maximum absolute atomic E-state index is 14.0. The fraction of sp³-hybridized carbons (Fsp3) is 0.250. The summed E-state index contributed by atoms with van der Waals surface area (Å²) in [5.41, 5.74) is 1.08. The fourth-order valence-corrected chi connectivity index (χ4v) is 4.72. The molecule has 1 saturated heterocycles. The summed E-state index contributed by atoms with van der Waals surface area (Å²) in [5.74, 6) is -5.51. The number of aromatic nitrogens is 1. The Morgan fingerprint density at radius 1 is 1.00 bits per heavy atom. The first-order valence-corrected chi connectivity index (χ1v) is 12.7. The van der Waals surface area contributed by atoms with Gasteiger partial charge in [-0.1, -0.05) is 41.4 Å². The monoisotopic (exact) mass is 570 g/mol. The highest BCUT2D eigenvalue weighted by molar-refractivity contribution is 6.29. The van der Waals surface area contributed by atoms with Gasteiger partial charge in [0.05, 0.1) is 18.0 Å². The second-order valence-corrected chi connectivity index (χ2v) is 9.71. The smallest absolute Gasteiger partial charge is 0.305 e. The van der Waals surface area contributed by atoms with Crippen molar-refractivity contribution in [2.45, 2.75) is 32.0 Å². The number of carbonyl (C=O) groups is 4. The number of nitrogens with one attached hydrogen (secondary N) is 1. The van der Waals surface area contributed by atoms with Gasteiger partial charge in [0.1, 0.15) is 16.8 Å². The zero-order valence-corrected chi connectivity index (χ0v) is 22.1. The lowest BCUT2D eigenvalue weighted by molar-refractivity contribution is -0.138. The molecular formula is C28H25ClF2N4O5. The Hall–Kier alpha value is -4.38. The molecule has 1 aliphatic heterocycles. The Bertz CT molecular complexity index is 1430. The zero-order valence-electron chi connectivity index (χ0n) is 21.3. The molecule has 0 spiro atoms. The first-order valence-electron chi connectivity index (χ1n) is 12.3. The number of carbonyl (C=O) groups excluding carboxylic acids is 3. The van der Waals surface area contributed by atoms with Gasteiger partial charge < -0.3 is 20.2 Å². The highest BCUT2D eigenvalue weighted by Crippen LogP contribution is 2.24. The van der Waals surface area contributed by atoms with Gasteiger partial charge in [0.15, 0.2) is 6.17 Å². The minimum Gasteiger partial charge on any atom is -0.481 e. The summed E-state index contributed by atoms with van der Waals surface area (Å²) in [7, 11) is 0. The molecule has 2 unspecified atom stereocenters. The highest BCUT2D eigenvalue weighted by Gasteiger charge is 2.42. The average Bonchev–Trinajstić information content (AvgIpc) is 2.91. The van der Waals surface area contributed by atoms with E-state index in [2.05, 4.69) is 10.3 Å². The maximum atomic E-state index is 14.0. The molecule has 3 aromatic rings. The summed E-state index contributed by atoms with van der Waals surface area (Å²) in [6.45, 7) is 1.87. The van der Waals surface area contributed by atoms with Crippen molar-refractivity contribution in [1.29, 1.82) is 0 Å². The van der Waals surface area contributed by atoms with Crippen LogP contribution in [0.4, 0.5) is 8.78 Å². The third-order valence-corrected chi connectivity index (χ3v) is 6.59. The van der Waals surface area contributed by atoms with Crippen LogP contribution in [0.15, 0.2) is 60.8 Å². The van der Waals surface area contributed by atoms with Gasteiger partial charge in [0.25, 0.3) is 17.7 Å². The number of aryl methyl sites for hydroxylation is 1. The topological polar surface area (TPSA) is 120 Å². The number of benzene rings is 2. The third kappa shape index (κ3) is 6.60. The Kier molecular flexibility index (Phi) is 8.73. The molecule has 1 fully saturated rings. The molecule has 0 bridgehead atoms. The quantitative estimate of drug-likeness (QED) is 0.415. The number of amides is 3. The van der Waals surface area contributed by atoms with E-state index in [4.69, 9.17) is 11.6 Å². The van der Waals surface area contributed by atoms with Crippen LogP contribution in [0.25, 0.3) is 0 Å². The molecule has 2 heterocycles. The molecule has 1 aliphatic rings. The number of halogens is 3. The number of rotatable bonds is 7. The molecule has 9 nitrogen and oxygen atoms in total. The van der Waals surface area contributed by atoms with Gasteiger partial charge in [0, 0.05) is 30.9 Å². The van der Waals surface area contributed by atoms with Crippen molar-refractivity contribution in [1.82, 2.24) is 20.1 Å². The van der Waals surface area contributed by atoms with E-state index in [0.29, 0.717) is 11.6 Å². The molecule has 12 heteroatoms. The van der Waals surface area contributed by atoms with Crippen molar-refractivity contribution < 1.29 is 33.1 Å². The second-order valence-electron chi connectivity index (χ2n) is 9.33. The van der Waals surface area contributed by atoms with Crippen LogP contribution in [-0.4, -0.2) is 62.8 Å². The van der Waals surface area contributed by atoms with E-state index in [1.54, 1.807) is 18.2 Å². The van der Waals surface area contributed by atoms with Crippen molar-refractivity contribution in [2.75, 3.05) is 13.1 Å². The molecule has 1 aromatic heterocycles. The number of aliphatic carboxylic acids is 1. The molecule has 208 valence electrons. The number of carboxylic acid groups (broad SMARTS) is 1. The lowest BCUT2D eigenvalue weighted by atomic mass is 10.0. The summed E-state index contributed by atoms with van der Waals surface area (Å²) in [6.07, 6.45) is -0.546. The summed E-state index contributed by atoms with van der Waals surface area (Å²) in [4.78, 5) is 58.6. The first-order chi connectivity index (χ1) is 19.0. The largest absolute Gasteiger partial charge is 0.481 e. The lowest BCUT2D eigenvalue weighted by Gasteiger charge is -2.43. The number of hydrogen-bond acceptors (Lipinski definition) is 5. The summed E-state index contributed by atoms with van der Waals surface area (Å²) < 4.78 is 27.9. The number of carboxylic acids is 1. The predicted molar refractivity (Wildman–Crippen MR) is 140 cm³/mol. The van der Waals surface area contributed by atoms with Gasteiger partial charge in [-0.15, -0.1) is 0 Å². The second kappa shape index (κ2) is 12.2. The molecule has 3 amide bonds. The minimum absolute atomic E-state index is 0.00819. The zero-order chi connectivity index (χ0) is 29.0. The Morgan fingerprint density at radius 2 is 1.65 bits per heavy atom. The van der Waals surface area contributed by atoms with E-state index in [1.807, 2.05) is 13.0 Å². The molecule has 0 saturated carbocycles. The minimum atomic E-state index is -1.56. The van der Waals surface area contributed by atoms with E-state index in [1.165, 1.54) is 18.3 Å². The van der Waals surface area contributed by atoms with Crippen LogP contribution in [0.2, 0.25) is 5.15 Å². The van der Waals surface area contributed by atoms with Gasteiger partial charge in [-0.2, -0.15) is 0 Å². The maximum Gasteiger partial charge on any atom is 0.305 e. The molecule has 0 radical (unpaired) electrons. The summed E-state index contributed by atoms with van der Waals surface area (Å²) in [5, 5.41) is 12.3. The van der Waals surface area contributed by atoms with Gasteiger partial charge in [-0.05, 0) is 43.2 Å². The summed E-state index contributed by atoms with van der Waals surface area (Å²) >= 11 is 5.85. The van der Waals surface area contributed by atoms with Crippen molar-refractivity contribution in [3.8, 4) is 0 Å². The molecule has 0 aliphatic carbocycles. The van der Waals surface area contributed by atoms with Gasteiger partial charge >= 0.3 is 5.97 Å². The average molecular weight is 571 g/mol. The molecular weight excluding hydrogens is 546 g/mol. The predicted octanol–water partition coefficient (Wildman–Crippen LogP) is 3.97. The van der Waals surface area contributed by atoms with Crippen LogP contribution >= 0.6 is 11.6 Å². The van der Waals surface area contributed by atoms with Crippen LogP contribution in [-0.2, 0) is 9.59 Å². The van der Waals surface area contributed by atoms with Crippen molar-refractivity contribution in [2.24, 2.45) is 0 Å². The normalized spacial score (nSPS) is 15.8. The number of pyridine rings is 1. The van der Waals surface area contributed by atoms with Crippen molar-refractivity contribution in [3.63, 3.8) is 0 Å². The SMILES string of the molecule is Cc1cccc(C(CC(=O)O)NC(=O)C2N(C(=O)c3ccc(Cl)nc3)CCCN2C(=O)c2cc(F)cc(F)c2)c1. The van der Waals surface area contributed by atoms with Crippen molar-refractivity contribution >= 4 is 35.3 Å². The Balaban J connectivity index is 1.74. The lowest BCUT2D eigenvalue weighted by Crippen LogP contribution is -2.63. The molecule has 4 rings (SSSR count).